The molecule has 2 N–H and O–H groups in total. The van der Waals surface area contributed by atoms with Gasteiger partial charge in [-0.3, -0.25) is 4.79 Å². The average molecular weight is 307 g/mol. The fraction of sp³-hybridized carbons (Fsp3) is 0.588. The van der Waals surface area contributed by atoms with Crippen LogP contribution in [0, 0.1) is 17.8 Å². The van der Waals surface area contributed by atoms with E-state index in [9.17, 15) is 4.79 Å². The summed E-state index contributed by atoms with van der Waals surface area (Å²) in [5.74, 6) is 2.41. The largest absolute Gasteiger partial charge is 0.385 e. The predicted octanol–water partition coefficient (Wildman–Crippen LogP) is 3.94. The second kappa shape index (κ2) is 6.27. The molecule has 1 aromatic carbocycles. The molecule has 3 atom stereocenters. The number of hydrogen-bond donors (Lipinski definition) is 2. The second-order valence-electron chi connectivity index (χ2n) is 6.37. The van der Waals surface area contributed by atoms with E-state index >= 15 is 0 Å². The van der Waals surface area contributed by atoms with Crippen LogP contribution in [0.4, 0.5) is 5.69 Å². The summed E-state index contributed by atoms with van der Waals surface area (Å²) in [6.45, 7) is 3.61. The van der Waals surface area contributed by atoms with Gasteiger partial charge < -0.3 is 10.6 Å². The van der Waals surface area contributed by atoms with Crippen LogP contribution < -0.4 is 10.6 Å². The Morgan fingerprint density at radius 1 is 1.33 bits per heavy atom. The number of rotatable bonds is 5. The Kier molecular flexibility index (Phi) is 4.39. The van der Waals surface area contributed by atoms with Gasteiger partial charge in [0.05, 0.1) is 5.56 Å². The summed E-state index contributed by atoms with van der Waals surface area (Å²) in [5, 5.41) is 6.93. The van der Waals surface area contributed by atoms with Gasteiger partial charge in [-0.2, -0.15) is 0 Å². The van der Waals surface area contributed by atoms with E-state index in [-0.39, 0.29) is 5.91 Å². The van der Waals surface area contributed by atoms with Crippen LogP contribution >= 0.6 is 11.6 Å². The van der Waals surface area contributed by atoms with E-state index < -0.39 is 0 Å². The van der Waals surface area contributed by atoms with Gasteiger partial charge in [0.15, 0.2) is 0 Å². The first kappa shape index (κ1) is 14.7. The van der Waals surface area contributed by atoms with Crippen LogP contribution in [0.1, 0.15) is 43.0 Å². The lowest BCUT2D eigenvalue weighted by atomic mass is 9.89. The second-order valence-corrected chi connectivity index (χ2v) is 6.80. The lowest BCUT2D eigenvalue weighted by molar-refractivity contribution is 0.0942. The molecule has 2 fully saturated rings. The van der Waals surface area contributed by atoms with Gasteiger partial charge >= 0.3 is 0 Å². The first-order valence-electron chi connectivity index (χ1n) is 7.99. The maximum Gasteiger partial charge on any atom is 0.253 e. The minimum atomic E-state index is -0.0174. The molecule has 2 aliphatic rings. The van der Waals surface area contributed by atoms with E-state index in [1.54, 1.807) is 6.07 Å². The summed E-state index contributed by atoms with van der Waals surface area (Å²) in [6.07, 6.45) is 5.42. The summed E-state index contributed by atoms with van der Waals surface area (Å²) in [5.41, 5.74) is 1.50. The molecule has 3 rings (SSSR count). The number of halogens is 1. The van der Waals surface area contributed by atoms with Crippen LogP contribution in [0.3, 0.4) is 0 Å². The van der Waals surface area contributed by atoms with Crippen LogP contribution in [-0.4, -0.2) is 19.0 Å². The Morgan fingerprint density at radius 2 is 2.19 bits per heavy atom. The van der Waals surface area contributed by atoms with Gasteiger partial charge in [-0.25, -0.2) is 0 Å². The van der Waals surface area contributed by atoms with E-state index in [1.807, 2.05) is 19.1 Å². The maximum absolute atomic E-state index is 12.4. The molecule has 3 nitrogen and oxygen atoms in total. The highest BCUT2D eigenvalue weighted by Gasteiger charge is 2.39. The van der Waals surface area contributed by atoms with E-state index in [0.29, 0.717) is 16.5 Å². The fourth-order valence-electron chi connectivity index (χ4n) is 3.99. The number of anilines is 1. The third-order valence-electron chi connectivity index (χ3n) is 5.00. The molecule has 2 bridgehead atoms. The fourth-order valence-corrected chi connectivity index (χ4v) is 4.17. The molecule has 0 heterocycles. The summed E-state index contributed by atoms with van der Waals surface area (Å²) < 4.78 is 0. The zero-order valence-corrected chi connectivity index (χ0v) is 13.2. The van der Waals surface area contributed by atoms with Crippen molar-refractivity contribution in [2.45, 2.75) is 32.6 Å². The highest BCUT2D eigenvalue weighted by molar-refractivity contribution is 6.31. The first-order valence-corrected chi connectivity index (χ1v) is 8.36. The lowest BCUT2D eigenvalue weighted by Gasteiger charge is -2.22. The topological polar surface area (TPSA) is 41.1 Å². The van der Waals surface area contributed by atoms with E-state index in [4.69, 9.17) is 11.6 Å². The summed E-state index contributed by atoms with van der Waals surface area (Å²) in [4.78, 5) is 12.4. The number of carbonyl (C=O) groups excluding carboxylic acids is 1. The average Bonchev–Trinajstić information content (AvgIpc) is 3.09. The zero-order chi connectivity index (χ0) is 14.8. The van der Waals surface area contributed by atoms with Crippen molar-refractivity contribution in [3.05, 3.63) is 28.8 Å². The van der Waals surface area contributed by atoms with E-state index in [1.165, 1.54) is 25.7 Å². The summed E-state index contributed by atoms with van der Waals surface area (Å²) in [6, 6.07) is 5.43. The minimum absolute atomic E-state index is 0.0174. The van der Waals surface area contributed by atoms with Crippen molar-refractivity contribution < 1.29 is 4.79 Å². The van der Waals surface area contributed by atoms with Crippen LogP contribution in [0.15, 0.2) is 18.2 Å². The van der Waals surface area contributed by atoms with Crippen molar-refractivity contribution >= 4 is 23.2 Å². The molecule has 4 heteroatoms. The number of fused-ring (bicyclic) bond motifs is 2. The van der Waals surface area contributed by atoms with Crippen molar-refractivity contribution in [1.29, 1.82) is 0 Å². The van der Waals surface area contributed by atoms with Gasteiger partial charge in [-0.05, 0) is 62.1 Å². The van der Waals surface area contributed by atoms with Crippen LogP contribution in [0.25, 0.3) is 0 Å². The monoisotopic (exact) mass is 306 g/mol. The van der Waals surface area contributed by atoms with Gasteiger partial charge in [-0.1, -0.05) is 18.0 Å². The first-order chi connectivity index (χ1) is 10.2. The van der Waals surface area contributed by atoms with Crippen molar-refractivity contribution in [3.63, 3.8) is 0 Å². The van der Waals surface area contributed by atoms with Gasteiger partial charge in [-0.15, -0.1) is 0 Å². The Labute approximate surface area is 131 Å². The highest BCUT2D eigenvalue weighted by Crippen LogP contribution is 2.47. The van der Waals surface area contributed by atoms with Gasteiger partial charge in [0, 0.05) is 23.8 Å². The standard InChI is InChI=1S/C17H23ClN2O/c1-2-19-16-6-5-14(18)9-15(16)17(21)20-10-13-8-11-3-4-12(13)7-11/h5-6,9,11-13,19H,2-4,7-8,10H2,1H3,(H,20,21). The molecule has 1 aromatic rings. The Hall–Kier alpha value is -1.22. The van der Waals surface area contributed by atoms with Gasteiger partial charge in [0.2, 0.25) is 0 Å². The van der Waals surface area contributed by atoms with Crippen molar-refractivity contribution in [2.24, 2.45) is 17.8 Å². The normalized spacial score (nSPS) is 26.9. The number of benzene rings is 1. The Morgan fingerprint density at radius 3 is 2.86 bits per heavy atom. The summed E-state index contributed by atoms with van der Waals surface area (Å²) in [7, 11) is 0. The predicted molar refractivity (Wildman–Crippen MR) is 86.9 cm³/mol. The van der Waals surface area contributed by atoms with E-state index in [2.05, 4.69) is 10.6 Å². The molecule has 0 saturated heterocycles. The van der Waals surface area contributed by atoms with Crippen LogP contribution in [-0.2, 0) is 0 Å². The van der Waals surface area contributed by atoms with Crippen LogP contribution in [0.2, 0.25) is 5.02 Å². The molecule has 114 valence electrons. The number of amides is 1. The van der Waals surface area contributed by atoms with Crippen molar-refractivity contribution in [3.8, 4) is 0 Å². The van der Waals surface area contributed by atoms with Gasteiger partial charge in [0.1, 0.15) is 0 Å². The lowest BCUT2D eigenvalue weighted by Crippen LogP contribution is -2.32. The molecule has 0 radical (unpaired) electrons. The SMILES string of the molecule is CCNc1ccc(Cl)cc1C(=O)NCC1CC2CCC1C2. The van der Waals surface area contributed by atoms with Gasteiger partial charge in [0.25, 0.3) is 5.91 Å². The van der Waals surface area contributed by atoms with Crippen molar-refractivity contribution in [1.82, 2.24) is 5.32 Å². The molecule has 0 aromatic heterocycles. The molecule has 3 unspecified atom stereocenters. The Balaban J connectivity index is 1.63. The molecule has 2 aliphatic carbocycles. The quantitative estimate of drug-likeness (QED) is 0.865. The molecular weight excluding hydrogens is 284 g/mol. The highest BCUT2D eigenvalue weighted by atomic mass is 35.5. The third-order valence-corrected chi connectivity index (χ3v) is 5.24. The summed E-state index contributed by atoms with van der Waals surface area (Å²) >= 11 is 6.03. The molecule has 21 heavy (non-hydrogen) atoms. The van der Waals surface area contributed by atoms with Crippen LogP contribution in [0.5, 0.6) is 0 Å². The Bertz CT molecular complexity index is 532. The number of nitrogens with one attached hydrogen (secondary N) is 2. The molecule has 1 amide bonds. The minimum Gasteiger partial charge on any atom is -0.385 e. The molecule has 0 aliphatic heterocycles. The van der Waals surface area contributed by atoms with Crippen molar-refractivity contribution in [2.75, 3.05) is 18.4 Å². The third kappa shape index (κ3) is 3.18. The number of hydrogen-bond acceptors (Lipinski definition) is 2. The molecule has 2 saturated carbocycles. The van der Waals surface area contributed by atoms with E-state index in [0.717, 1.165) is 30.6 Å². The molecular formula is C17H23ClN2O. The smallest absolute Gasteiger partial charge is 0.253 e. The number of carbonyl (C=O) groups is 1. The maximum atomic E-state index is 12.4. The zero-order valence-electron chi connectivity index (χ0n) is 12.5. The molecule has 0 spiro atoms.